The molecule has 0 aliphatic carbocycles. The average Bonchev–Trinajstić information content (AvgIpc) is 2.20. The van der Waals surface area contributed by atoms with E-state index in [1.54, 1.807) is 0 Å². The lowest BCUT2D eigenvalue weighted by Gasteiger charge is -2.27. The number of nitrogens with two attached hydrogens (primary N) is 1. The van der Waals surface area contributed by atoms with Crippen molar-refractivity contribution in [3.63, 3.8) is 0 Å². The van der Waals surface area contributed by atoms with E-state index in [0.29, 0.717) is 6.54 Å². The summed E-state index contributed by atoms with van der Waals surface area (Å²) in [4.78, 5) is 12.0. The number of carbonyl (C=O) groups excluding carboxylic acids is 1. The van der Waals surface area contributed by atoms with Crippen LogP contribution >= 0.6 is 0 Å². The van der Waals surface area contributed by atoms with Crippen LogP contribution in [0.4, 0.5) is 0 Å². The van der Waals surface area contributed by atoms with Gasteiger partial charge in [0.25, 0.3) is 0 Å². The molecule has 4 nitrogen and oxygen atoms in total. The largest absolute Gasteiger partial charge is 0.394 e. The van der Waals surface area contributed by atoms with Gasteiger partial charge in [-0.05, 0) is 17.8 Å². The molecule has 4 N–H and O–H groups in total. The number of amides is 1. The Bertz CT molecular complexity index is 234. The zero-order valence-electron chi connectivity index (χ0n) is 11.8. The Kier molecular flexibility index (Phi) is 6.72. The van der Waals surface area contributed by atoms with Gasteiger partial charge in [0.2, 0.25) is 5.91 Å². The molecule has 0 bridgehead atoms. The third-order valence-corrected chi connectivity index (χ3v) is 2.84. The Hall–Kier alpha value is -0.610. The van der Waals surface area contributed by atoms with Gasteiger partial charge in [0.05, 0.1) is 18.6 Å². The highest BCUT2D eigenvalue weighted by Crippen LogP contribution is 2.24. The Labute approximate surface area is 105 Å². The van der Waals surface area contributed by atoms with Gasteiger partial charge in [0.1, 0.15) is 0 Å². The van der Waals surface area contributed by atoms with E-state index >= 15 is 0 Å². The molecule has 2 atom stereocenters. The molecule has 17 heavy (non-hydrogen) atoms. The minimum Gasteiger partial charge on any atom is -0.394 e. The maximum absolute atomic E-state index is 12.0. The second kappa shape index (κ2) is 6.97. The van der Waals surface area contributed by atoms with Crippen LogP contribution in [0, 0.1) is 17.3 Å². The molecule has 0 aliphatic rings. The molecule has 4 heteroatoms. The van der Waals surface area contributed by atoms with Crippen molar-refractivity contribution in [2.24, 2.45) is 23.0 Å². The second-order valence-corrected chi connectivity index (χ2v) is 6.24. The highest BCUT2D eigenvalue weighted by Gasteiger charge is 2.25. The maximum atomic E-state index is 12.0. The fourth-order valence-electron chi connectivity index (χ4n) is 1.75. The van der Waals surface area contributed by atoms with E-state index < -0.39 is 0 Å². The van der Waals surface area contributed by atoms with Crippen LogP contribution in [0.15, 0.2) is 0 Å². The molecule has 0 saturated carbocycles. The zero-order chi connectivity index (χ0) is 13.6. The molecule has 1 amide bonds. The Morgan fingerprint density at radius 3 is 2.18 bits per heavy atom. The van der Waals surface area contributed by atoms with E-state index in [-0.39, 0.29) is 35.8 Å². The summed E-state index contributed by atoms with van der Waals surface area (Å²) in [5.74, 6) is -0.00464. The van der Waals surface area contributed by atoms with Crippen molar-refractivity contribution in [1.29, 1.82) is 0 Å². The monoisotopic (exact) mass is 244 g/mol. The van der Waals surface area contributed by atoms with Crippen LogP contribution in [0.1, 0.15) is 41.0 Å². The molecule has 0 spiro atoms. The van der Waals surface area contributed by atoms with Gasteiger partial charge in [0, 0.05) is 6.54 Å². The van der Waals surface area contributed by atoms with Crippen LogP contribution in [0.5, 0.6) is 0 Å². The number of aliphatic hydroxyl groups is 1. The predicted molar refractivity (Wildman–Crippen MR) is 70.5 cm³/mol. The summed E-state index contributed by atoms with van der Waals surface area (Å²) < 4.78 is 0. The molecule has 0 aromatic carbocycles. The molecule has 2 unspecified atom stereocenters. The number of hydrogen-bond acceptors (Lipinski definition) is 3. The van der Waals surface area contributed by atoms with E-state index in [1.165, 1.54) is 0 Å². The Morgan fingerprint density at radius 1 is 1.35 bits per heavy atom. The van der Waals surface area contributed by atoms with Gasteiger partial charge in [-0.2, -0.15) is 0 Å². The lowest BCUT2D eigenvalue weighted by molar-refractivity contribution is -0.127. The fourth-order valence-corrected chi connectivity index (χ4v) is 1.75. The normalized spacial score (nSPS) is 15.8. The van der Waals surface area contributed by atoms with Crippen molar-refractivity contribution in [3.8, 4) is 0 Å². The number of nitrogens with one attached hydrogen (secondary N) is 1. The zero-order valence-corrected chi connectivity index (χ0v) is 11.8. The smallest absolute Gasteiger partial charge is 0.224 e. The van der Waals surface area contributed by atoms with Gasteiger partial charge in [-0.3, -0.25) is 4.79 Å². The lowest BCUT2D eigenvalue weighted by Crippen LogP contribution is -2.46. The van der Waals surface area contributed by atoms with E-state index in [9.17, 15) is 9.90 Å². The van der Waals surface area contributed by atoms with Crippen molar-refractivity contribution < 1.29 is 9.90 Å². The molecule has 0 fully saturated rings. The summed E-state index contributed by atoms with van der Waals surface area (Å²) >= 11 is 0. The standard InChI is InChI=1S/C13H28N2O2/c1-9(2)11(8-16)15-12(17)10(7-14)6-13(3,4)5/h9-11,16H,6-8,14H2,1-5H3,(H,15,17). The van der Waals surface area contributed by atoms with E-state index in [0.717, 1.165) is 6.42 Å². The van der Waals surface area contributed by atoms with Crippen LogP contribution in [0.3, 0.4) is 0 Å². The predicted octanol–water partition coefficient (Wildman–Crippen LogP) is 1.13. The molecular weight excluding hydrogens is 216 g/mol. The summed E-state index contributed by atoms with van der Waals surface area (Å²) in [6.07, 6.45) is 0.756. The fraction of sp³-hybridized carbons (Fsp3) is 0.923. The highest BCUT2D eigenvalue weighted by atomic mass is 16.3. The van der Waals surface area contributed by atoms with Crippen molar-refractivity contribution in [2.45, 2.75) is 47.1 Å². The minimum atomic E-state index is -0.184. The molecule has 0 rings (SSSR count). The molecule has 0 radical (unpaired) electrons. The van der Waals surface area contributed by atoms with E-state index in [4.69, 9.17) is 5.73 Å². The molecule has 0 heterocycles. The van der Waals surface area contributed by atoms with Gasteiger partial charge in [-0.1, -0.05) is 34.6 Å². The first kappa shape index (κ1) is 16.4. The average molecular weight is 244 g/mol. The molecule has 0 aliphatic heterocycles. The van der Waals surface area contributed by atoms with Crippen LogP contribution in [0.2, 0.25) is 0 Å². The van der Waals surface area contributed by atoms with Gasteiger partial charge in [-0.15, -0.1) is 0 Å². The number of aliphatic hydroxyl groups excluding tert-OH is 1. The first-order chi connectivity index (χ1) is 7.71. The quantitative estimate of drug-likeness (QED) is 0.655. The lowest BCUT2D eigenvalue weighted by atomic mass is 9.84. The SMILES string of the molecule is CC(C)C(CO)NC(=O)C(CN)CC(C)(C)C. The molecule has 0 saturated heterocycles. The van der Waals surface area contributed by atoms with Gasteiger partial charge >= 0.3 is 0 Å². The topological polar surface area (TPSA) is 75.3 Å². The number of carbonyl (C=O) groups is 1. The molecule has 102 valence electrons. The summed E-state index contributed by atoms with van der Waals surface area (Å²) in [6, 6.07) is -0.184. The first-order valence-electron chi connectivity index (χ1n) is 6.32. The summed E-state index contributed by atoms with van der Waals surface area (Å²) in [5.41, 5.74) is 5.73. The third kappa shape index (κ3) is 6.64. The Balaban J connectivity index is 4.44. The molecule has 0 aromatic heterocycles. The van der Waals surface area contributed by atoms with Crippen LogP contribution in [-0.4, -0.2) is 30.2 Å². The summed E-state index contributed by atoms with van der Waals surface area (Å²) in [5, 5.41) is 12.1. The second-order valence-electron chi connectivity index (χ2n) is 6.24. The van der Waals surface area contributed by atoms with E-state index in [2.05, 4.69) is 26.1 Å². The number of rotatable bonds is 6. The van der Waals surface area contributed by atoms with Gasteiger partial charge in [0.15, 0.2) is 0 Å². The van der Waals surface area contributed by atoms with Crippen molar-refractivity contribution >= 4 is 5.91 Å². The van der Waals surface area contributed by atoms with Crippen molar-refractivity contribution in [3.05, 3.63) is 0 Å². The summed E-state index contributed by atoms with van der Waals surface area (Å²) in [7, 11) is 0. The molecule has 0 aromatic rings. The summed E-state index contributed by atoms with van der Waals surface area (Å²) in [6.45, 7) is 10.5. The van der Waals surface area contributed by atoms with Gasteiger partial charge < -0.3 is 16.2 Å². The number of hydrogen-bond donors (Lipinski definition) is 3. The van der Waals surface area contributed by atoms with Crippen LogP contribution in [0.25, 0.3) is 0 Å². The minimum absolute atomic E-state index is 0.0315. The third-order valence-electron chi connectivity index (χ3n) is 2.84. The van der Waals surface area contributed by atoms with Crippen LogP contribution in [-0.2, 0) is 4.79 Å². The molecular formula is C13H28N2O2. The Morgan fingerprint density at radius 2 is 1.88 bits per heavy atom. The van der Waals surface area contributed by atoms with Crippen LogP contribution < -0.4 is 11.1 Å². The van der Waals surface area contributed by atoms with Crippen molar-refractivity contribution in [2.75, 3.05) is 13.2 Å². The van der Waals surface area contributed by atoms with E-state index in [1.807, 2.05) is 13.8 Å². The highest BCUT2D eigenvalue weighted by molar-refractivity contribution is 5.79. The maximum Gasteiger partial charge on any atom is 0.224 e. The van der Waals surface area contributed by atoms with Gasteiger partial charge in [-0.25, -0.2) is 0 Å². The van der Waals surface area contributed by atoms with Crippen molar-refractivity contribution in [1.82, 2.24) is 5.32 Å². The first-order valence-corrected chi connectivity index (χ1v) is 6.32.